The summed E-state index contributed by atoms with van der Waals surface area (Å²) in [5.41, 5.74) is 0.348. The van der Waals surface area contributed by atoms with Gasteiger partial charge in [-0.25, -0.2) is 4.79 Å². The van der Waals surface area contributed by atoms with Crippen LogP contribution in [-0.4, -0.2) is 36.0 Å². The van der Waals surface area contributed by atoms with E-state index >= 15 is 0 Å². The van der Waals surface area contributed by atoms with E-state index < -0.39 is 17.7 Å². The van der Waals surface area contributed by atoms with Crippen molar-refractivity contribution in [2.24, 2.45) is 0 Å². The summed E-state index contributed by atoms with van der Waals surface area (Å²) in [5, 5.41) is 0.264. The lowest BCUT2D eigenvalue weighted by Gasteiger charge is -2.21. The molecule has 2 rings (SSSR count). The van der Waals surface area contributed by atoms with Gasteiger partial charge in [0.2, 0.25) is 0 Å². The van der Waals surface area contributed by atoms with Crippen molar-refractivity contribution in [3.63, 3.8) is 0 Å². The van der Waals surface area contributed by atoms with Crippen LogP contribution in [0.1, 0.15) is 36.7 Å². The largest absolute Gasteiger partial charge is 0.476 e. The monoisotopic (exact) mass is 434 g/mol. The summed E-state index contributed by atoms with van der Waals surface area (Å²) in [7, 11) is 0. The molecule has 0 N–H and O–H groups in total. The number of ketones is 1. The van der Waals surface area contributed by atoms with Crippen LogP contribution in [0.5, 0.6) is 5.75 Å². The number of benzene rings is 1. The smallest absolute Gasteiger partial charge is 0.348 e. The predicted octanol–water partition coefficient (Wildman–Crippen LogP) is 5.39. The number of carbonyl (C=O) groups excluding carboxylic acids is 2. The van der Waals surface area contributed by atoms with Gasteiger partial charge in [0.1, 0.15) is 16.4 Å². The Kier molecular flexibility index (Phi) is 6.99. The molecule has 0 aliphatic carbocycles. The molecule has 1 aliphatic rings. The maximum absolute atomic E-state index is 12.6. The highest BCUT2D eigenvalue weighted by molar-refractivity contribution is 8.21. The molecule has 0 amide bonds. The highest BCUT2D eigenvalue weighted by Crippen LogP contribution is 2.43. The Labute approximate surface area is 172 Å². The number of allylic oxidation sites excluding steroid dienone is 1. The molecule has 1 heterocycles. The van der Waals surface area contributed by atoms with E-state index in [2.05, 4.69) is 0 Å². The molecule has 1 unspecified atom stereocenters. The normalized spacial score (nSPS) is 15.9. The maximum atomic E-state index is 12.6. The average Bonchev–Trinajstić information content (AvgIpc) is 2.98. The molecule has 8 heteroatoms. The molecule has 0 bridgehead atoms. The number of ether oxygens (including phenoxy) is 2. The fraction of sp³-hybridized carbons (Fsp3) is 0.444. The molecule has 4 nitrogen and oxygen atoms in total. The van der Waals surface area contributed by atoms with E-state index in [0.717, 1.165) is 4.24 Å². The van der Waals surface area contributed by atoms with Crippen LogP contribution in [0.4, 0.5) is 0 Å². The summed E-state index contributed by atoms with van der Waals surface area (Å²) in [6.45, 7) is 5.36. The van der Waals surface area contributed by atoms with Crippen molar-refractivity contribution in [1.29, 1.82) is 0 Å². The molecular weight excluding hydrogens is 415 g/mol. The molecule has 1 atom stereocenters. The minimum atomic E-state index is -0.799. The van der Waals surface area contributed by atoms with E-state index in [4.69, 9.17) is 32.7 Å². The number of halogens is 2. The topological polar surface area (TPSA) is 52.6 Å². The third kappa shape index (κ3) is 4.91. The van der Waals surface area contributed by atoms with E-state index in [-0.39, 0.29) is 22.2 Å². The van der Waals surface area contributed by atoms with Gasteiger partial charge < -0.3 is 9.47 Å². The first kappa shape index (κ1) is 21.5. The van der Waals surface area contributed by atoms with E-state index in [1.54, 1.807) is 26.8 Å². The van der Waals surface area contributed by atoms with Crippen LogP contribution in [-0.2, 0) is 16.0 Å². The summed E-state index contributed by atoms with van der Waals surface area (Å²) in [4.78, 5) is 24.8. The number of esters is 1. The van der Waals surface area contributed by atoms with E-state index in [9.17, 15) is 9.59 Å². The van der Waals surface area contributed by atoms with Crippen molar-refractivity contribution in [3.05, 3.63) is 37.6 Å². The summed E-state index contributed by atoms with van der Waals surface area (Å²) < 4.78 is 11.9. The molecule has 0 fully saturated rings. The van der Waals surface area contributed by atoms with Crippen LogP contribution in [0.25, 0.3) is 0 Å². The fourth-order valence-electron chi connectivity index (χ4n) is 2.39. The van der Waals surface area contributed by atoms with Crippen molar-refractivity contribution in [2.45, 2.75) is 38.9 Å². The average molecular weight is 435 g/mol. The van der Waals surface area contributed by atoms with Gasteiger partial charge in [-0.05, 0) is 39.3 Å². The maximum Gasteiger partial charge on any atom is 0.348 e. The number of rotatable bonds is 5. The number of hydrogen-bond acceptors (Lipinski definition) is 6. The summed E-state index contributed by atoms with van der Waals surface area (Å²) in [6.07, 6.45) is 4.80. The Balaban J connectivity index is 2.32. The van der Waals surface area contributed by atoms with Gasteiger partial charge in [0.15, 0.2) is 11.9 Å². The van der Waals surface area contributed by atoms with Gasteiger partial charge >= 0.3 is 5.97 Å². The number of thioether (sulfide) groups is 2. The Bertz CT molecular complexity index is 763. The lowest BCUT2D eigenvalue weighted by atomic mass is 10.0. The lowest BCUT2D eigenvalue weighted by Crippen LogP contribution is -2.34. The van der Waals surface area contributed by atoms with Crippen molar-refractivity contribution in [1.82, 2.24) is 0 Å². The van der Waals surface area contributed by atoms with E-state index in [0.29, 0.717) is 16.9 Å². The zero-order valence-electron chi connectivity index (χ0n) is 15.1. The van der Waals surface area contributed by atoms with Crippen LogP contribution < -0.4 is 4.74 Å². The van der Waals surface area contributed by atoms with Crippen molar-refractivity contribution in [3.8, 4) is 5.75 Å². The summed E-state index contributed by atoms with van der Waals surface area (Å²) >= 11 is 15.5. The standard InChI is InChI=1S/C18H20Cl2O4S2/c1-18(2,3)24-17(22)12-7-9-6-10(11(21)8-13(25-4)26-5)14(19)15(20)16(9)23-12/h6,8,12H,7H2,1-5H3. The molecule has 26 heavy (non-hydrogen) atoms. The second-order valence-electron chi connectivity index (χ2n) is 6.62. The molecule has 142 valence electrons. The van der Waals surface area contributed by atoms with E-state index in [1.807, 2.05) is 12.5 Å². The summed E-state index contributed by atoms with van der Waals surface area (Å²) in [5.74, 6) is -0.372. The predicted molar refractivity (Wildman–Crippen MR) is 110 cm³/mol. The lowest BCUT2D eigenvalue weighted by molar-refractivity contribution is -0.162. The zero-order chi connectivity index (χ0) is 19.6. The summed E-state index contributed by atoms with van der Waals surface area (Å²) in [6, 6.07) is 1.64. The highest BCUT2D eigenvalue weighted by atomic mass is 35.5. The number of hydrogen-bond donors (Lipinski definition) is 0. The Morgan fingerprint density at radius 2 is 1.85 bits per heavy atom. The van der Waals surface area contributed by atoms with Gasteiger partial charge in [0.25, 0.3) is 0 Å². The van der Waals surface area contributed by atoms with Gasteiger partial charge in [-0.3, -0.25) is 4.79 Å². The highest BCUT2D eigenvalue weighted by Gasteiger charge is 2.36. The Hall–Kier alpha value is -0.820. The van der Waals surface area contributed by atoms with Gasteiger partial charge in [-0.1, -0.05) is 23.2 Å². The first-order valence-electron chi connectivity index (χ1n) is 7.81. The van der Waals surface area contributed by atoms with Crippen molar-refractivity contribution >= 4 is 58.5 Å². The number of carbonyl (C=O) groups is 2. The van der Waals surface area contributed by atoms with E-state index in [1.165, 1.54) is 29.6 Å². The molecule has 0 radical (unpaired) electrons. The zero-order valence-corrected chi connectivity index (χ0v) is 18.3. The Morgan fingerprint density at radius 1 is 1.23 bits per heavy atom. The minimum Gasteiger partial charge on any atom is -0.476 e. The molecule has 1 aromatic rings. The SMILES string of the molecule is CSC(=CC(=O)c1cc2c(c(Cl)c1Cl)OC(C(=O)OC(C)(C)C)C2)SC. The van der Waals surface area contributed by atoms with Crippen LogP contribution >= 0.6 is 46.7 Å². The van der Waals surface area contributed by atoms with Crippen LogP contribution in [0.2, 0.25) is 10.0 Å². The third-order valence-corrected chi connectivity index (χ3v) is 6.38. The molecule has 0 saturated heterocycles. The Morgan fingerprint density at radius 3 is 2.38 bits per heavy atom. The van der Waals surface area contributed by atoms with Crippen LogP contribution in [0.3, 0.4) is 0 Å². The second-order valence-corrected chi connectivity index (χ2v) is 9.33. The molecular formula is C18H20Cl2O4S2. The first-order chi connectivity index (χ1) is 12.1. The van der Waals surface area contributed by atoms with Gasteiger partial charge in [0.05, 0.1) is 5.02 Å². The van der Waals surface area contributed by atoms with Crippen LogP contribution in [0, 0.1) is 0 Å². The van der Waals surface area contributed by atoms with Crippen LogP contribution in [0.15, 0.2) is 16.4 Å². The first-order valence-corrected chi connectivity index (χ1v) is 11.0. The third-order valence-electron chi connectivity index (χ3n) is 3.49. The molecule has 0 saturated carbocycles. The quantitative estimate of drug-likeness (QED) is 0.351. The molecule has 1 aromatic carbocycles. The van der Waals surface area contributed by atoms with Gasteiger partial charge in [0, 0.05) is 27.9 Å². The molecule has 0 spiro atoms. The number of fused-ring (bicyclic) bond motifs is 1. The minimum absolute atomic E-state index is 0.123. The molecule has 0 aromatic heterocycles. The van der Waals surface area contributed by atoms with Crippen molar-refractivity contribution in [2.75, 3.05) is 12.5 Å². The molecule has 1 aliphatic heterocycles. The van der Waals surface area contributed by atoms with Gasteiger partial charge in [-0.2, -0.15) is 0 Å². The van der Waals surface area contributed by atoms with Crippen molar-refractivity contribution < 1.29 is 19.1 Å². The van der Waals surface area contributed by atoms with Gasteiger partial charge in [-0.15, -0.1) is 23.5 Å². The fourth-order valence-corrected chi connectivity index (χ4v) is 4.01. The second kappa shape index (κ2) is 8.46.